The van der Waals surface area contributed by atoms with E-state index in [0.29, 0.717) is 18.0 Å². The number of piperidine rings is 1. The third-order valence-corrected chi connectivity index (χ3v) is 6.76. The van der Waals surface area contributed by atoms with Crippen molar-refractivity contribution < 1.29 is 8.42 Å². The van der Waals surface area contributed by atoms with Crippen LogP contribution in [0.1, 0.15) is 24.5 Å². The maximum atomic E-state index is 12.9. The lowest BCUT2D eigenvalue weighted by Gasteiger charge is -2.30. The molecule has 0 amide bonds. The third-order valence-electron chi connectivity index (χ3n) is 4.84. The Hall–Kier alpha value is -2.51. The van der Waals surface area contributed by atoms with Crippen LogP contribution in [0, 0.1) is 0 Å². The fourth-order valence-electron chi connectivity index (χ4n) is 3.37. The van der Waals surface area contributed by atoms with Crippen molar-refractivity contribution in [3.05, 3.63) is 72.8 Å². The second kappa shape index (κ2) is 7.01. The molecule has 1 aliphatic rings. The molecule has 2 aromatic heterocycles. The van der Waals surface area contributed by atoms with Crippen molar-refractivity contribution in [1.29, 1.82) is 0 Å². The monoisotopic (exact) mass is 368 g/mol. The summed E-state index contributed by atoms with van der Waals surface area (Å²) in [6, 6.07) is 14.7. The van der Waals surface area contributed by atoms with Gasteiger partial charge in [0.1, 0.15) is 0 Å². The Balaban J connectivity index is 1.47. The van der Waals surface area contributed by atoms with Gasteiger partial charge in [-0.25, -0.2) is 8.42 Å². The molecule has 0 N–H and O–H groups in total. The zero-order valence-electron chi connectivity index (χ0n) is 14.3. The molecule has 1 aliphatic heterocycles. The van der Waals surface area contributed by atoms with Gasteiger partial charge in [-0.2, -0.15) is 14.5 Å². The highest BCUT2D eigenvalue weighted by Crippen LogP contribution is 2.29. The van der Waals surface area contributed by atoms with Crippen molar-refractivity contribution in [3.63, 3.8) is 0 Å². The summed E-state index contributed by atoms with van der Waals surface area (Å²) in [6.45, 7) is 1.01. The Morgan fingerprint density at radius 2 is 1.62 bits per heavy atom. The minimum absolute atomic E-state index is 0.270. The van der Waals surface area contributed by atoms with Gasteiger partial charge >= 0.3 is 0 Å². The molecular weight excluding hydrogens is 348 g/mol. The maximum Gasteiger partial charge on any atom is 0.243 e. The van der Waals surface area contributed by atoms with Crippen molar-refractivity contribution in [2.75, 3.05) is 13.1 Å². The lowest BCUT2D eigenvalue weighted by Crippen LogP contribution is -2.38. The van der Waals surface area contributed by atoms with Crippen LogP contribution in [0.4, 0.5) is 0 Å². The number of sulfonamides is 1. The molecule has 1 fully saturated rings. The Morgan fingerprint density at radius 3 is 2.23 bits per heavy atom. The summed E-state index contributed by atoms with van der Waals surface area (Å²) in [5.74, 6) is 0.270. The van der Waals surface area contributed by atoms with Crippen LogP contribution in [0.15, 0.2) is 72.0 Å². The van der Waals surface area contributed by atoms with E-state index in [9.17, 15) is 8.42 Å². The molecule has 26 heavy (non-hydrogen) atoms. The predicted molar refractivity (Wildman–Crippen MR) is 98.5 cm³/mol. The van der Waals surface area contributed by atoms with E-state index in [1.807, 2.05) is 53.4 Å². The van der Waals surface area contributed by atoms with Crippen molar-refractivity contribution in [2.45, 2.75) is 23.7 Å². The van der Waals surface area contributed by atoms with E-state index in [4.69, 9.17) is 0 Å². The highest BCUT2D eigenvalue weighted by Gasteiger charge is 2.30. The van der Waals surface area contributed by atoms with E-state index < -0.39 is 10.0 Å². The zero-order valence-corrected chi connectivity index (χ0v) is 15.1. The molecule has 3 heterocycles. The predicted octanol–water partition coefficient (Wildman–Crippen LogP) is 2.84. The van der Waals surface area contributed by atoms with Gasteiger partial charge in [-0.15, -0.1) is 0 Å². The normalized spacial score (nSPS) is 16.6. The third kappa shape index (κ3) is 3.27. The van der Waals surface area contributed by atoms with Gasteiger partial charge in [0.2, 0.25) is 10.0 Å². The van der Waals surface area contributed by atoms with Crippen LogP contribution in [0.25, 0.3) is 5.69 Å². The van der Waals surface area contributed by atoms with Gasteiger partial charge < -0.3 is 4.57 Å². The van der Waals surface area contributed by atoms with Crippen LogP contribution in [0.2, 0.25) is 0 Å². The molecule has 3 aromatic rings. The standard InChI is InChI=1S/C19H20N4O2S/c24-26(25,18-7-5-17(6-8-18)22-12-1-2-13-22)23-14-9-16(10-15-23)19-4-3-11-20-21-19/h1-8,11-13,16H,9-10,14-15H2. The highest BCUT2D eigenvalue weighted by molar-refractivity contribution is 7.89. The van der Waals surface area contributed by atoms with Gasteiger partial charge in [0.25, 0.3) is 0 Å². The fraction of sp³-hybridized carbons (Fsp3) is 0.263. The molecule has 1 saturated heterocycles. The molecule has 6 nitrogen and oxygen atoms in total. The first-order valence-electron chi connectivity index (χ1n) is 8.66. The molecular formula is C19H20N4O2S. The Bertz CT molecular complexity index is 947. The van der Waals surface area contributed by atoms with E-state index in [1.165, 1.54) is 0 Å². The summed E-state index contributed by atoms with van der Waals surface area (Å²) in [4.78, 5) is 0.339. The summed E-state index contributed by atoms with van der Waals surface area (Å²) < 4.78 is 29.4. The SMILES string of the molecule is O=S(=O)(c1ccc(-n2cccc2)cc1)N1CCC(c2cccnn2)CC1. The van der Waals surface area contributed by atoms with E-state index in [-0.39, 0.29) is 5.92 Å². The van der Waals surface area contributed by atoms with E-state index in [2.05, 4.69) is 10.2 Å². The molecule has 0 saturated carbocycles. The second-order valence-corrected chi connectivity index (χ2v) is 8.35. The first-order chi connectivity index (χ1) is 12.6. The Morgan fingerprint density at radius 1 is 0.923 bits per heavy atom. The molecule has 134 valence electrons. The number of hydrogen-bond acceptors (Lipinski definition) is 4. The van der Waals surface area contributed by atoms with Gasteiger partial charge in [-0.05, 0) is 61.4 Å². The molecule has 7 heteroatoms. The minimum Gasteiger partial charge on any atom is -0.324 e. The van der Waals surface area contributed by atoms with Crippen LogP contribution in [0.5, 0.6) is 0 Å². The molecule has 0 radical (unpaired) electrons. The van der Waals surface area contributed by atoms with Crippen molar-refractivity contribution >= 4 is 10.0 Å². The fourth-order valence-corrected chi connectivity index (χ4v) is 4.84. The zero-order chi connectivity index (χ0) is 18.0. The van der Waals surface area contributed by atoms with Gasteiger partial charge in [-0.3, -0.25) is 0 Å². The molecule has 1 aromatic carbocycles. The highest BCUT2D eigenvalue weighted by atomic mass is 32.2. The first kappa shape index (κ1) is 16.9. The topological polar surface area (TPSA) is 68.1 Å². The molecule has 0 bridgehead atoms. The number of rotatable bonds is 4. The van der Waals surface area contributed by atoms with Crippen molar-refractivity contribution in [1.82, 2.24) is 19.1 Å². The summed E-state index contributed by atoms with van der Waals surface area (Å²) in [6.07, 6.45) is 7.04. The average Bonchev–Trinajstić information content (AvgIpc) is 3.24. The van der Waals surface area contributed by atoms with Crippen LogP contribution in [-0.4, -0.2) is 40.6 Å². The van der Waals surface area contributed by atoms with Gasteiger partial charge in [0, 0.05) is 43.3 Å². The van der Waals surface area contributed by atoms with Crippen molar-refractivity contribution in [3.8, 4) is 5.69 Å². The van der Waals surface area contributed by atoms with E-state index >= 15 is 0 Å². The number of benzene rings is 1. The Labute approximate surface area is 153 Å². The second-order valence-electron chi connectivity index (χ2n) is 6.41. The summed E-state index contributed by atoms with van der Waals surface area (Å²) >= 11 is 0. The number of hydrogen-bond donors (Lipinski definition) is 0. The number of aromatic nitrogens is 3. The smallest absolute Gasteiger partial charge is 0.243 e. The Kier molecular flexibility index (Phi) is 4.57. The van der Waals surface area contributed by atoms with Crippen LogP contribution >= 0.6 is 0 Å². The van der Waals surface area contributed by atoms with Gasteiger partial charge in [-0.1, -0.05) is 0 Å². The van der Waals surface area contributed by atoms with Gasteiger partial charge in [0.15, 0.2) is 0 Å². The summed E-state index contributed by atoms with van der Waals surface area (Å²) in [7, 11) is -3.47. The molecule has 0 aliphatic carbocycles. The van der Waals surface area contributed by atoms with Crippen LogP contribution < -0.4 is 0 Å². The number of nitrogens with zero attached hydrogens (tertiary/aromatic N) is 4. The molecule has 0 spiro atoms. The maximum absolute atomic E-state index is 12.9. The van der Waals surface area contributed by atoms with Crippen LogP contribution in [0.3, 0.4) is 0 Å². The molecule has 0 atom stereocenters. The average molecular weight is 368 g/mol. The largest absolute Gasteiger partial charge is 0.324 e. The van der Waals surface area contributed by atoms with Gasteiger partial charge in [0.05, 0.1) is 10.6 Å². The summed E-state index contributed by atoms with van der Waals surface area (Å²) in [5.41, 5.74) is 1.89. The lowest BCUT2D eigenvalue weighted by atomic mass is 9.94. The molecule has 4 rings (SSSR count). The quantitative estimate of drug-likeness (QED) is 0.710. The lowest BCUT2D eigenvalue weighted by molar-refractivity contribution is 0.316. The van der Waals surface area contributed by atoms with E-state index in [0.717, 1.165) is 24.2 Å². The summed E-state index contributed by atoms with van der Waals surface area (Å²) in [5, 5.41) is 8.08. The van der Waals surface area contributed by atoms with Crippen LogP contribution in [-0.2, 0) is 10.0 Å². The van der Waals surface area contributed by atoms with E-state index in [1.54, 1.807) is 22.6 Å². The molecule has 0 unspecified atom stereocenters. The first-order valence-corrected chi connectivity index (χ1v) is 10.1. The minimum atomic E-state index is -3.47. The van der Waals surface area contributed by atoms with Crippen molar-refractivity contribution in [2.24, 2.45) is 0 Å².